The summed E-state index contributed by atoms with van der Waals surface area (Å²) in [6.45, 7) is 2.16. The minimum Gasteiger partial charge on any atom is -0.302 e. The van der Waals surface area contributed by atoms with Crippen LogP contribution in [-0.2, 0) is 5.75 Å². The highest BCUT2D eigenvalue weighted by Gasteiger charge is 2.38. The van der Waals surface area contributed by atoms with E-state index in [0.29, 0.717) is 5.25 Å². The van der Waals surface area contributed by atoms with E-state index in [2.05, 4.69) is 42.6 Å². The minimum atomic E-state index is -0.274. The van der Waals surface area contributed by atoms with Crippen molar-refractivity contribution in [2.24, 2.45) is 0 Å². The molecule has 1 aliphatic rings. The molecular weight excluding hydrogens is 240 g/mol. The van der Waals surface area contributed by atoms with Gasteiger partial charge in [-0.25, -0.2) is 0 Å². The summed E-state index contributed by atoms with van der Waals surface area (Å²) in [5, 5.41) is 13.0. The van der Waals surface area contributed by atoms with Gasteiger partial charge in [0.05, 0.1) is 6.07 Å². The van der Waals surface area contributed by atoms with Gasteiger partial charge < -0.3 is 5.32 Å². The van der Waals surface area contributed by atoms with Gasteiger partial charge in [0.25, 0.3) is 0 Å². The fourth-order valence-corrected chi connectivity index (χ4v) is 3.93. The lowest BCUT2D eigenvalue weighted by molar-refractivity contribution is 0.464. The molecule has 0 bridgehead atoms. The Hall–Kier alpha value is -0.980. The van der Waals surface area contributed by atoms with Crippen molar-refractivity contribution in [2.75, 3.05) is 7.05 Å². The average Bonchev–Trinajstić information content (AvgIpc) is 2.82. The lowest BCUT2D eigenvalue weighted by Gasteiger charge is -2.19. The van der Waals surface area contributed by atoms with Crippen LogP contribution in [0, 0.1) is 18.3 Å². The number of aryl methyl sites for hydroxylation is 1. The largest absolute Gasteiger partial charge is 0.302 e. The first-order valence-corrected chi connectivity index (χ1v) is 7.50. The Bertz CT molecular complexity index is 452. The molecule has 1 aromatic rings. The van der Waals surface area contributed by atoms with Crippen LogP contribution in [-0.4, -0.2) is 17.8 Å². The molecule has 0 heterocycles. The Labute approximate surface area is 114 Å². The molecule has 0 spiro atoms. The van der Waals surface area contributed by atoms with Crippen LogP contribution < -0.4 is 5.32 Å². The quantitative estimate of drug-likeness (QED) is 0.902. The van der Waals surface area contributed by atoms with E-state index in [9.17, 15) is 5.26 Å². The van der Waals surface area contributed by atoms with Crippen molar-refractivity contribution in [3.8, 4) is 6.07 Å². The van der Waals surface area contributed by atoms with Gasteiger partial charge in [0.15, 0.2) is 0 Å². The maximum absolute atomic E-state index is 9.24. The van der Waals surface area contributed by atoms with Gasteiger partial charge in [-0.1, -0.05) is 24.3 Å². The number of rotatable bonds is 4. The van der Waals surface area contributed by atoms with E-state index in [1.165, 1.54) is 11.1 Å². The number of benzene rings is 1. The molecular formula is C15H20N2S. The average molecular weight is 260 g/mol. The van der Waals surface area contributed by atoms with E-state index in [0.717, 1.165) is 25.0 Å². The molecule has 2 atom stereocenters. The third-order valence-electron chi connectivity index (χ3n) is 3.90. The van der Waals surface area contributed by atoms with Crippen molar-refractivity contribution >= 4 is 11.8 Å². The summed E-state index contributed by atoms with van der Waals surface area (Å²) in [7, 11) is 1.90. The molecule has 0 saturated heterocycles. The second-order valence-corrected chi connectivity index (χ2v) is 6.33. The van der Waals surface area contributed by atoms with Crippen molar-refractivity contribution < 1.29 is 0 Å². The molecule has 3 heteroatoms. The lowest BCUT2D eigenvalue weighted by atomic mass is 10.0. The fourth-order valence-electron chi connectivity index (χ4n) is 2.51. The van der Waals surface area contributed by atoms with Crippen LogP contribution in [0.1, 0.15) is 30.4 Å². The summed E-state index contributed by atoms with van der Waals surface area (Å²) < 4.78 is 0. The van der Waals surface area contributed by atoms with Gasteiger partial charge in [-0.15, -0.1) is 0 Å². The monoisotopic (exact) mass is 260 g/mol. The van der Waals surface area contributed by atoms with Gasteiger partial charge >= 0.3 is 0 Å². The summed E-state index contributed by atoms with van der Waals surface area (Å²) in [4.78, 5) is 0. The van der Waals surface area contributed by atoms with Crippen molar-refractivity contribution in [3.05, 3.63) is 35.4 Å². The van der Waals surface area contributed by atoms with E-state index in [-0.39, 0.29) is 5.54 Å². The molecule has 96 valence electrons. The van der Waals surface area contributed by atoms with Crippen molar-refractivity contribution in [1.82, 2.24) is 5.32 Å². The Kier molecular flexibility index (Phi) is 4.31. The van der Waals surface area contributed by atoms with E-state index in [1.54, 1.807) is 0 Å². The van der Waals surface area contributed by atoms with Crippen LogP contribution in [0.4, 0.5) is 0 Å². The third-order valence-corrected chi connectivity index (χ3v) is 5.25. The van der Waals surface area contributed by atoms with Crippen LogP contribution in [0.15, 0.2) is 24.3 Å². The number of nitrogens with zero attached hydrogens (tertiary/aromatic N) is 1. The highest BCUT2D eigenvalue weighted by molar-refractivity contribution is 7.99. The molecule has 2 rings (SSSR count). The molecule has 2 unspecified atom stereocenters. The minimum absolute atomic E-state index is 0.274. The Morgan fingerprint density at radius 2 is 2.28 bits per heavy atom. The van der Waals surface area contributed by atoms with E-state index in [1.807, 2.05) is 18.8 Å². The second-order valence-electron chi connectivity index (χ2n) is 5.05. The smallest absolute Gasteiger partial charge is 0.107 e. The predicted octanol–water partition coefficient (Wildman–Crippen LogP) is 3.26. The van der Waals surface area contributed by atoms with Crippen LogP contribution >= 0.6 is 11.8 Å². The number of nitriles is 1. The van der Waals surface area contributed by atoms with E-state index >= 15 is 0 Å². The molecule has 2 nitrogen and oxygen atoms in total. The molecule has 0 radical (unpaired) electrons. The molecule has 1 saturated carbocycles. The summed E-state index contributed by atoms with van der Waals surface area (Å²) in [6, 6.07) is 11.0. The van der Waals surface area contributed by atoms with Gasteiger partial charge in [-0.2, -0.15) is 17.0 Å². The summed E-state index contributed by atoms with van der Waals surface area (Å²) >= 11 is 1.99. The zero-order chi connectivity index (χ0) is 13.0. The second kappa shape index (κ2) is 5.77. The maximum Gasteiger partial charge on any atom is 0.107 e. The van der Waals surface area contributed by atoms with E-state index in [4.69, 9.17) is 0 Å². The van der Waals surface area contributed by atoms with Crippen molar-refractivity contribution in [1.29, 1.82) is 5.26 Å². The summed E-state index contributed by atoms with van der Waals surface area (Å²) in [5.41, 5.74) is 2.51. The van der Waals surface area contributed by atoms with Gasteiger partial charge in [0, 0.05) is 11.0 Å². The van der Waals surface area contributed by atoms with Crippen molar-refractivity contribution in [2.45, 2.75) is 42.7 Å². The van der Waals surface area contributed by atoms with Gasteiger partial charge in [-0.05, 0) is 44.4 Å². The molecule has 1 aromatic carbocycles. The first-order chi connectivity index (χ1) is 8.69. The molecule has 1 fully saturated rings. The third kappa shape index (κ3) is 2.88. The lowest BCUT2D eigenvalue weighted by Crippen LogP contribution is -2.38. The van der Waals surface area contributed by atoms with Crippen LogP contribution in [0.3, 0.4) is 0 Å². The Balaban J connectivity index is 1.90. The molecule has 1 aliphatic carbocycles. The van der Waals surface area contributed by atoms with Crippen molar-refractivity contribution in [3.63, 3.8) is 0 Å². The zero-order valence-corrected chi connectivity index (χ0v) is 11.9. The molecule has 0 amide bonds. The molecule has 18 heavy (non-hydrogen) atoms. The standard InChI is InChI=1S/C15H20N2S/c1-12-5-3-4-6-13(12)10-18-14-7-8-15(9-14,11-16)17-2/h3-6,14,17H,7-10H2,1-2H3. The molecule has 1 N–H and O–H groups in total. The van der Waals surface area contributed by atoms with Gasteiger partial charge in [0.2, 0.25) is 0 Å². The van der Waals surface area contributed by atoms with Crippen LogP contribution in [0.5, 0.6) is 0 Å². The number of hydrogen-bond acceptors (Lipinski definition) is 3. The zero-order valence-electron chi connectivity index (χ0n) is 11.1. The first-order valence-electron chi connectivity index (χ1n) is 6.45. The highest BCUT2D eigenvalue weighted by Crippen LogP contribution is 2.38. The number of thioether (sulfide) groups is 1. The highest BCUT2D eigenvalue weighted by atomic mass is 32.2. The summed E-state index contributed by atoms with van der Waals surface area (Å²) in [6.07, 6.45) is 3.09. The summed E-state index contributed by atoms with van der Waals surface area (Å²) in [5.74, 6) is 1.06. The molecule has 0 aromatic heterocycles. The fraction of sp³-hybridized carbons (Fsp3) is 0.533. The normalized spacial score (nSPS) is 27.1. The Morgan fingerprint density at radius 1 is 1.50 bits per heavy atom. The maximum atomic E-state index is 9.24. The number of nitrogens with one attached hydrogen (secondary N) is 1. The topological polar surface area (TPSA) is 35.8 Å². The van der Waals surface area contributed by atoms with Crippen LogP contribution in [0.2, 0.25) is 0 Å². The van der Waals surface area contributed by atoms with Crippen LogP contribution in [0.25, 0.3) is 0 Å². The predicted molar refractivity (Wildman–Crippen MR) is 77.5 cm³/mol. The number of hydrogen-bond donors (Lipinski definition) is 1. The van der Waals surface area contributed by atoms with Gasteiger partial charge in [0.1, 0.15) is 5.54 Å². The Morgan fingerprint density at radius 3 is 2.89 bits per heavy atom. The van der Waals surface area contributed by atoms with Gasteiger partial charge in [-0.3, -0.25) is 0 Å². The van der Waals surface area contributed by atoms with E-state index < -0.39 is 0 Å². The molecule has 0 aliphatic heterocycles. The SMILES string of the molecule is CNC1(C#N)CCC(SCc2ccccc2C)C1. The first kappa shape index (κ1) is 13.5.